The predicted molar refractivity (Wildman–Crippen MR) is 82.2 cm³/mol. The Morgan fingerprint density at radius 3 is 2.90 bits per heavy atom. The second-order valence-electron chi connectivity index (χ2n) is 5.11. The maximum absolute atomic E-state index is 11.6. The Hall–Kier alpha value is -1.55. The quantitative estimate of drug-likeness (QED) is 0.830. The Morgan fingerprint density at radius 2 is 2.15 bits per heavy atom. The first-order valence-corrected chi connectivity index (χ1v) is 7.67. The van der Waals surface area contributed by atoms with E-state index in [4.69, 9.17) is 4.42 Å². The van der Waals surface area contributed by atoms with Crippen LogP contribution in [0, 0.1) is 6.92 Å². The molecule has 2 aromatic rings. The fraction of sp³-hybridized carbons (Fsp3) is 0.312. The number of benzene rings is 1. The number of aryl methyl sites for hydroxylation is 2. The van der Waals surface area contributed by atoms with E-state index in [0.29, 0.717) is 6.42 Å². The Labute approximate surface area is 126 Å². The number of carbonyl (C=O) groups excluding carboxylic acids is 1. The van der Waals surface area contributed by atoms with Gasteiger partial charge in [0.2, 0.25) is 5.91 Å². The molecule has 104 valence electrons. The minimum Gasteiger partial charge on any atom is -0.469 e. The molecule has 3 rings (SSSR count). The van der Waals surface area contributed by atoms with Gasteiger partial charge in [-0.3, -0.25) is 4.79 Å². The van der Waals surface area contributed by atoms with E-state index in [1.165, 1.54) is 11.1 Å². The third-order valence-electron chi connectivity index (χ3n) is 3.72. The number of alkyl halides is 1. The van der Waals surface area contributed by atoms with Crippen LogP contribution in [-0.4, -0.2) is 5.91 Å². The number of anilines is 1. The van der Waals surface area contributed by atoms with Gasteiger partial charge < -0.3 is 9.73 Å². The van der Waals surface area contributed by atoms with E-state index in [9.17, 15) is 4.79 Å². The largest absolute Gasteiger partial charge is 0.469 e. The molecule has 1 aliphatic heterocycles. The molecule has 0 bridgehead atoms. The molecule has 1 amide bonds. The first-order chi connectivity index (χ1) is 9.65. The van der Waals surface area contributed by atoms with Crippen molar-refractivity contribution in [3.05, 3.63) is 53.0 Å². The van der Waals surface area contributed by atoms with Gasteiger partial charge in [0.05, 0.1) is 11.1 Å². The van der Waals surface area contributed by atoms with Gasteiger partial charge in [0.15, 0.2) is 0 Å². The average molecular weight is 334 g/mol. The van der Waals surface area contributed by atoms with Gasteiger partial charge in [0.1, 0.15) is 5.76 Å². The second-order valence-corrected chi connectivity index (χ2v) is 6.03. The maximum Gasteiger partial charge on any atom is 0.224 e. The zero-order valence-corrected chi connectivity index (χ0v) is 12.9. The van der Waals surface area contributed by atoms with Crippen LogP contribution in [0.5, 0.6) is 0 Å². The van der Waals surface area contributed by atoms with Crippen molar-refractivity contribution in [2.24, 2.45) is 0 Å². The third-order valence-corrected chi connectivity index (χ3v) is 4.74. The van der Waals surface area contributed by atoms with Crippen molar-refractivity contribution in [3.8, 4) is 0 Å². The van der Waals surface area contributed by atoms with Gasteiger partial charge in [0, 0.05) is 17.7 Å². The fourth-order valence-electron chi connectivity index (χ4n) is 2.59. The van der Waals surface area contributed by atoms with Gasteiger partial charge in [-0.1, -0.05) is 28.1 Å². The van der Waals surface area contributed by atoms with Crippen LogP contribution in [0.15, 0.2) is 34.9 Å². The number of furan rings is 1. The van der Waals surface area contributed by atoms with Crippen LogP contribution in [0.3, 0.4) is 0 Å². The molecule has 2 heterocycles. The highest BCUT2D eigenvalue weighted by Gasteiger charge is 2.18. The molecule has 1 aromatic carbocycles. The summed E-state index contributed by atoms with van der Waals surface area (Å²) in [5, 5.41) is 2.96. The van der Waals surface area contributed by atoms with E-state index in [1.807, 2.05) is 19.1 Å². The molecule has 1 aliphatic rings. The van der Waals surface area contributed by atoms with E-state index >= 15 is 0 Å². The van der Waals surface area contributed by atoms with E-state index in [1.54, 1.807) is 6.26 Å². The minimum absolute atomic E-state index is 0.109. The highest BCUT2D eigenvalue weighted by atomic mass is 79.9. The van der Waals surface area contributed by atoms with Crippen molar-refractivity contribution in [3.63, 3.8) is 0 Å². The first kappa shape index (κ1) is 13.4. The molecule has 20 heavy (non-hydrogen) atoms. The summed E-state index contributed by atoms with van der Waals surface area (Å²) in [6.07, 6.45) is 4.15. The molecule has 1 N–H and O–H groups in total. The maximum atomic E-state index is 11.6. The van der Waals surface area contributed by atoms with Crippen LogP contribution in [-0.2, 0) is 11.2 Å². The van der Waals surface area contributed by atoms with Crippen molar-refractivity contribution < 1.29 is 9.21 Å². The van der Waals surface area contributed by atoms with E-state index < -0.39 is 0 Å². The lowest BCUT2D eigenvalue weighted by Gasteiger charge is -2.13. The zero-order chi connectivity index (χ0) is 14.1. The summed E-state index contributed by atoms with van der Waals surface area (Å²) in [5.41, 5.74) is 4.48. The lowest BCUT2D eigenvalue weighted by atomic mass is 10.00. The van der Waals surface area contributed by atoms with Crippen molar-refractivity contribution in [2.75, 3.05) is 5.32 Å². The van der Waals surface area contributed by atoms with E-state index in [0.717, 1.165) is 29.9 Å². The molecule has 0 fully saturated rings. The third kappa shape index (κ3) is 2.52. The lowest BCUT2D eigenvalue weighted by Crippen LogP contribution is -2.09. The lowest BCUT2D eigenvalue weighted by molar-refractivity contribution is -0.116. The monoisotopic (exact) mass is 333 g/mol. The molecule has 0 saturated carbocycles. The molecule has 0 spiro atoms. The predicted octanol–water partition coefficient (Wildman–Crippen LogP) is 4.35. The number of hydrogen-bond acceptors (Lipinski definition) is 2. The molecule has 0 saturated heterocycles. The number of amides is 1. The molecule has 1 unspecified atom stereocenters. The fourth-order valence-corrected chi connectivity index (χ4v) is 3.35. The van der Waals surface area contributed by atoms with Gasteiger partial charge in [-0.25, -0.2) is 0 Å². The number of rotatable bonds is 2. The summed E-state index contributed by atoms with van der Waals surface area (Å²) < 4.78 is 5.37. The zero-order valence-electron chi connectivity index (χ0n) is 11.3. The van der Waals surface area contributed by atoms with Crippen molar-refractivity contribution in [1.82, 2.24) is 0 Å². The Bertz CT molecular complexity index is 648. The van der Waals surface area contributed by atoms with Crippen molar-refractivity contribution in [2.45, 2.75) is 31.0 Å². The minimum atomic E-state index is 0.109. The Balaban J connectivity index is 1.94. The van der Waals surface area contributed by atoms with Crippen LogP contribution in [0.1, 0.15) is 40.1 Å². The summed E-state index contributed by atoms with van der Waals surface area (Å²) in [7, 11) is 0. The van der Waals surface area contributed by atoms with E-state index in [-0.39, 0.29) is 10.7 Å². The summed E-state index contributed by atoms with van der Waals surface area (Å²) >= 11 is 3.74. The van der Waals surface area contributed by atoms with Crippen molar-refractivity contribution in [1.29, 1.82) is 0 Å². The van der Waals surface area contributed by atoms with Crippen LogP contribution in [0.2, 0.25) is 0 Å². The number of carbonyl (C=O) groups is 1. The number of hydrogen-bond donors (Lipinski definition) is 1. The van der Waals surface area contributed by atoms with Gasteiger partial charge in [-0.05, 0) is 43.0 Å². The molecule has 0 radical (unpaired) electrons. The van der Waals surface area contributed by atoms with Crippen LogP contribution < -0.4 is 5.32 Å². The molecular weight excluding hydrogens is 318 g/mol. The Morgan fingerprint density at radius 1 is 1.30 bits per heavy atom. The van der Waals surface area contributed by atoms with Crippen LogP contribution >= 0.6 is 15.9 Å². The van der Waals surface area contributed by atoms with Crippen LogP contribution in [0.25, 0.3) is 0 Å². The topological polar surface area (TPSA) is 42.2 Å². The molecule has 1 aromatic heterocycles. The second kappa shape index (κ2) is 5.44. The molecule has 1 atom stereocenters. The van der Waals surface area contributed by atoms with Gasteiger partial charge in [-0.2, -0.15) is 0 Å². The number of halogens is 1. The molecule has 3 nitrogen and oxygen atoms in total. The first-order valence-electron chi connectivity index (χ1n) is 6.76. The van der Waals surface area contributed by atoms with Gasteiger partial charge in [0.25, 0.3) is 0 Å². The normalized spacial score (nSPS) is 16.2. The van der Waals surface area contributed by atoms with Crippen LogP contribution in [0.4, 0.5) is 5.69 Å². The molecule has 0 aliphatic carbocycles. The number of fused-ring (bicyclic) bond motifs is 1. The highest BCUT2D eigenvalue weighted by Crippen LogP contribution is 2.35. The Kier molecular flexibility index (Phi) is 3.66. The summed E-state index contributed by atoms with van der Waals surface area (Å²) in [4.78, 5) is 11.7. The summed E-state index contributed by atoms with van der Waals surface area (Å²) in [6.45, 7) is 1.97. The summed E-state index contributed by atoms with van der Waals surface area (Å²) in [5.74, 6) is 1.03. The van der Waals surface area contributed by atoms with E-state index in [2.05, 4.69) is 33.4 Å². The highest BCUT2D eigenvalue weighted by molar-refractivity contribution is 9.09. The standard InChI is InChI=1S/C16H16BrNO2/c1-10-13(7-8-20-10)16(17)12-5-6-14-11(9-12)3-2-4-15(19)18-14/h5-9,16H,2-4H2,1H3,(H,18,19). The number of nitrogens with one attached hydrogen (secondary N) is 1. The van der Waals surface area contributed by atoms with Crippen molar-refractivity contribution >= 4 is 27.5 Å². The van der Waals surface area contributed by atoms with Gasteiger partial charge >= 0.3 is 0 Å². The van der Waals surface area contributed by atoms with Gasteiger partial charge in [-0.15, -0.1) is 0 Å². The molecule has 4 heteroatoms. The SMILES string of the molecule is Cc1occc1C(Br)c1ccc2c(c1)CCCC(=O)N2. The summed E-state index contributed by atoms with van der Waals surface area (Å²) in [6, 6.07) is 8.21. The molecular formula is C16H16BrNO2. The average Bonchev–Trinajstić information content (AvgIpc) is 2.76. The smallest absolute Gasteiger partial charge is 0.224 e.